The van der Waals surface area contributed by atoms with Crippen LogP contribution in [-0.2, 0) is 10.2 Å². The monoisotopic (exact) mass is 387 g/mol. The van der Waals surface area contributed by atoms with Crippen molar-refractivity contribution in [1.82, 2.24) is 4.98 Å². The van der Waals surface area contributed by atoms with E-state index in [1.165, 1.54) is 28.8 Å². The molecule has 2 aromatic rings. The Morgan fingerprint density at radius 1 is 1.27 bits per heavy atom. The summed E-state index contributed by atoms with van der Waals surface area (Å²) in [5, 5.41) is 0. The maximum absolute atomic E-state index is 11.6. The Labute approximate surface area is 165 Å². The molecule has 1 aromatic carbocycles. The van der Waals surface area contributed by atoms with Gasteiger partial charge in [-0.15, -0.1) is 24.2 Å². The van der Waals surface area contributed by atoms with Gasteiger partial charge in [-0.3, -0.25) is 0 Å². The number of nitrogens with zero attached hydrogens (tertiary/aromatic N) is 1. The van der Waals surface area contributed by atoms with Crippen molar-refractivity contribution in [2.24, 2.45) is 0 Å². The van der Waals surface area contributed by atoms with Gasteiger partial charge in [-0.25, -0.2) is 9.78 Å². The van der Waals surface area contributed by atoms with E-state index in [2.05, 4.69) is 48.9 Å². The fourth-order valence-corrected chi connectivity index (χ4v) is 4.24. The Morgan fingerprint density at radius 3 is 2.77 bits per heavy atom. The third-order valence-electron chi connectivity index (χ3n) is 4.30. The van der Waals surface area contributed by atoms with Crippen molar-refractivity contribution in [2.75, 3.05) is 12.4 Å². The predicted octanol–water partition coefficient (Wildman–Crippen LogP) is 4.85. The number of aromatic nitrogens is 1. The van der Waals surface area contributed by atoms with E-state index in [0.717, 1.165) is 5.56 Å². The maximum Gasteiger partial charge on any atom is 0.339 e. The number of hydrogen-bond donors (Lipinski definition) is 0. The summed E-state index contributed by atoms with van der Waals surface area (Å²) in [4.78, 5) is 17.2. The first-order valence-electron chi connectivity index (χ1n) is 8.42. The van der Waals surface area contributed by atoms with Crippen LogP contribution in [0.15, 0.2) is 41.4 Å². The third kappa shape index (κ3) is 4.60. The molecule has 1 aromatic heterocycles. The number of pyridine rings is 1. The molecule has 136 valence electrons. The van der Waals surface area contributed by atoms with Gasteiger partial charge in [0, 0.05) is 16.7 Å². The number of ether oxygens (including phenoxy) is 1. The molecule has 1 aliphatic heterocycles. The molecular weight excluding hydrogens is 366 g/mol. The molecule has 5 heteroatoms. The summed E-state index contributed by atoms with van der Waals surface area (Å²) in [5.74, 6) is 7.07. The molecule has 0 radical (unpaired) electrons. The van der Waals surface area contributed by atoms with Crippen molar-refractivity contribution in [1.29, 1.82) is 0 Å². The average Bonchev–Trinajstić information content (AvgIpc) is 2.61. The minimum atomic E-state index is -0.357. The maximum atomic E-state index is 11.6. The minimum absolute atomic E-state index is 0. The van der Waals surface area contributed by atoms with Crippen LogP contribution in [0, 0.1) is 11.8 Å². The predicted molar refractivity (Wildman–Crippen MR) is 108 cm³/mol. The number of esters is 1. The van der Waals surface area contributed by atoms with Crippen LogP contribution in [-0.4, -0.2) is 23.3 Å². The van der Waals surface area contributed by atoms with Crippen molar-refractivity contribution in [3.05, 3.63) is 58.9 Å². The summed E-state index contributed by atoms with van der Waals surface area (Å²) >= 11 is 1.92. The second-order valence-electron chi connectivity index (χ2n) is 6.60. The second-order valence-corrected chi connectivity index (χ2v) is 7.73. The first kappa shape index (κ1) is 20.4. The molecule has 0 bridgehead atoms. The molecule has 3 rings (SSSR count). The van der Waals surface area contributed by atoms with E-state index in [-0.39, 0.29) is 23.8 Å². The van der Waals surface area contributed by atoms with Crippen LogP contribution in [0.25, 0.3) is 0 Å². The number of hydrogen-bond acceptors (Lipinski definition) is 4. The van der Waals surface area contributed by atoms with Gasteiger partial charge >= 0.3 is 5.97 Å². The van der Waals surface area contributed by atoms with Gasteiger partial charge in [-0.2, -0.15) is 0 Å². The normalized spacial score (nSPS) is 14.3. The van der Waals surface area contributed by atoms with Crippen molar-refractivity contribution < 1.29 is 9.53 Å². The second kappa shape index (κ2) is 8.62. The lowest BCUT2D eigenvalue weighted by Crippen LogP contribution is -2.22. The summed E-state index contributed by atoms with van der Waals surface area (Å²) in [6, 6.07) is 9.87. The molecule has 3 nitrogen and oxygen atoms in total. The molecule has 0 N–H and O–H groups in total. The summed E-state index contributed by atoms with van der Waals surface area (Å²) in [6.07, 6.45) is 2.69. The molecular formula is C21H22ClNO2S. The van der Waals surface area contributed by atoms with Gasteiger partial charge in [-0.1, -0.05) is 19.8 Å². The summed E-state index contributed by atoms with van der Waals surface area (Å²) in [6.45, 7) is 6.72. The smallest absolute Gasteiger partial charge is 0.339 e. The molecule has 1 aliphatic rings. The SMILES string of the molecule is CCOC(=O)c1ccc(C#Cc2ccc3c(c2)C(C)(C)CCS3)nc1.Cl. The topological polar surface area (TPSA) is 39.2 Å². The highest BCUT2D eigenvalue weighted by molar-refractivity contribution is 7.99. The van der Waals surface area contributed by atoms with Crippen LogP contribution in [0.1, 0.15) is 54.4 Å². The van der Waals surface area contributed by atoms with Crippen LogP contribution < -0.4 is 0 Å². The molecule has 0 fully saturated rings. The first-order chi connectivity index (χ1) is 12.0. The summed E-state index contributed by atoms with van der Waals surface area (Å²) in [7, 11) is 0. The van der Waals surface area contributed by atoms with Crippen LogP contribution in [0.3, 0.4) is 0 Å². The van der Waals surface area contributed by atoms with Gasteiger partial charge in [0.15, 0.2) is 0 Å². The molecule has 0 atom stereocenters. The van der Waals surface area contributed by atoms with Gasteiger partial charge < -0.3 is 4.74 Å². The van der Waals surface area contributed by atoms with Crippen molar-refractivity contribution in [3.63, 3.8) is 0 Å². The standard InChI is InChI=1S/C21H21NO2S.ClH/c1-4-24-20(23)16-7-9-17(22-14-16)8-5-15-6-10-19-18(13-15)21(2,3)11-12-25-19;/h6-7,9-10,13-14H,4,11-12H2,1-3H3;1H. The highest BCUT2D eigenvalue weighted by Crippen LogP contribution is 2.41. The fourth-order valence-electron chi connectivity index (χ4n) is 2.75. The Bertz CT molecular complexity index is 851. The third-order valence-corrected chi connectivity index (χ3v) is 5.38. The molecule has 0 aliphatic carbocycles. The van der Waals surface area contributed by atoms with Crippen LogP contribution >= 0.6 is 24.2 Å². The van der Waals surface area contributed by atoms with Gasteiger partial charge in [0.1, 0.15) is 5.69 Å². The van der Waals surface area contributed by atoms with E-state index in [4.69, 9.17) is 4.74 Å². The van der Waals surface area contributed by atoms with E-state index >= 15 is 0 Å². The van der Waals surface area contributed by atoms with Crippen LogP contribution in [0.2, 0.25) is 0 Å². The first-order valence-corrected chi connectivity index (χ1v) is 9.41. The average molecular weight is 388 g/mol. The zero-order chi connectivity index (χ0) is 17.9. The largest absolute Gasteiger partial charge is 0.462 e. The number of rotatable bonds is 2. The van der Waals surface area contributed by atoms with E-state index in [1.807, 2.05) is 11.8 Å². The lowest BCUT2D eigenvalue weighted by Gasteiger charge is -2.32. The Morgan fingerprint density at radius 2 is 2.08 bits per heavy atom. The number of carbonyl (C=O) groups is 1. The van der Waals surface area contributed by atoms with Gasteiger partial charge in [0.05, 0.1) is 12.2 Å². The van der Waals surface area contributed by atoms with Crippen LogP contribution in [0.5, 0.6) is 0 Å². The molecule has 2 heterocycles. The molecule has 0 spiro atoms. The lowest BCUT2D eigenvalue weighted by molar-refractivity contribution is 0.0526. The van der Waals surface area contributed by atoms with Gasteiger partial charge in [0.25, 0.3) is 0 Å². The van der Waals surface area contributed by atoms with Gasteiger partial charge in [0.2, 0.25) is 0 Å². The lowest BCUT2D eigenvalue weighted by atomic mass is 9.81. The number of halogens is 1. The van der Waals surface area contributed by atoms with Crippen molar-refractivity contribution >= 4 is 30.1 Å². The van der Waals surface area contributed by atoms with E-state index < -0.39 is 0 Å². The Hall–Kier alpha value is -1.96. The number of carbonyl (C=O) groups excluding carboxylic acids is 1. The van der Waals surface area contributed by atoms with Gasteiger partial charge in [-0.05, 0) is 66.3 Å². The Balaban J connectivity index is 0.00000243. The molecule has 0 saturated heterocycles. The number of fused-ring (bicyclic) bond motifs is 1. The molecule has 0 saturated carbocycles. The van der Waals surface area contributed by atoms with Crippen molar-refractivity contribution in [2.45, 2.75) is 37.5 Å². The van der Waals surface area contributed by atoms with E-state index in [1.54, 1.807) is 19.1 Å². The summed E-state index contributed by atoms with van der Waals surface area (Å²) in [5.41, 5.74) is 3.64. The molecule has 0 amide bonds. The van der Waals surface area contributed by atoms with E-state index in [0.29, 0.717) is 17.9 Å². The zero-order valence-corrected chi connectivity index (χ0v) is 16.8. The Kier molecular flexibility index (Phi) is 6.75. The summed E-state index contributed by atoms with van der Waals surface area (Å²) < 4.78 is 4.95. The van der Waals surface area contributed by atoms with Crippen LogP contribution in [0.4, 0.5) is 0 Å². The molecule has 26 heavy (non-hydrogen) atoms. The van der Waals surface area contributed by atoms with E-state index in [9.17, 15) is 4.79 Å². The minimum Gasteiger partial charge on any atom is -0.462 e. The molecule has 0 unspecified atom stereocenters. The fraction of sp³-hybridized carbons (Fsp3) is 0.333. The zero-order valence-electron chi connectivity index (χ0n) is 15.2. The highest BCUT2D eigenvalue weighted by atomic mass is 35.5. The quantitative estimate of drug-likeness (QED) is 0.545. The number of thioether (sulfide) groups is 1. The van der Waals surface area contributed by atoms with Crippen molar-refractivity contribution in [3.8, 4) is 11.8 Å². The highest BCUT2D eigenvalue weighted by Gasteiger charge is 2.27. The number of benzene rings is 1.